The maximum atomic E-state index is 7.24. The second-order valence-electron chi connectivity index (χ2n) is 16.9. The van der Waals surface area contributed by atoms with Crippen LogP contribution in [0.25, 0.3) is 43.5 Å². The fourth-order valence-corrected chi connectivity index (χ4v) is 11.8. The van der Waals surface area contributed by atoms with Gasteiger partial charge in [-0.3, -0.25) is 0 Å². The molecule has 0 bridgehead atoms. The second-order valence-corrected chi connectivity index (χ2v) is 20.0. The molecule has 0 unspecified atom stereocenters. The van der Waals surface area contributed by atoms with E-state index in [0.717, 1.165) is 44.1 Å². The molecule has 0 aliphatic heterocycles. The molecule has 0 amide bonds. The quantitative estimate of drug-likeness (QED) is 0.164. The molecule has 1 aromatic heterocycles. The van der Waals surface area contributed by atoms with Crippen LogP contribution in [0.15, 0.2) is 130 Å². The highest BCUT2D eigenvalue weighted by atomic mass is 31.1. The maximum absolute atomic E-state index is 7.24. The lowest BCUT2D eigenvalue weighted by Crippen LogP contribution is -2.23. The molecule has 1 heterocycles. The van der Waals surface area contributed by atoms with E-state index >= 15 is 0 Å². The minimum Gasteiger partial charge on any atom is -0.390 e. The summed E-state index contributed by atoms with van der Waals surface area (Å²) in [5, 5.41) is 10.9. The van der Waals surface area contributed by atoms with Crippen LogP contribution < -0.4 is 20.4 Å². The highest BCUT2D eigenvalue weighted by Crippen LogP contribution is 2.48. The summed E-state index contributed by atoms with van der Waals surface area (Å²) in [6.45, 7) is 22.4. The van der Waals surface area contributed by atoms with Gasteiger partial charge in [-0.15, -0.1) is 0 Å². The van der Waals surface area contributed by atoms with Gasteiger partial charge in [0.05, 0.1) is 0 Å². The van der Waals surface area contributed by atoms with Crippen molar-refractivity contribution in [1.29, 1.82) is 0 Å². The van der Waals surface area contributed by atoms with E-state index in [2.05, 4.69) is 191 Å². The van der Waals surface area contributed by atoms with Gasteiger partial charge < -0.3 is 12.9 Å². The summed E-state index contributed by atoms with van der Waals surface area (Å²) in [5.74, 6) is 0.771. The van der Waals surface area contributed by atoms with Gasteiger partial charge in [0, 0.05) is 27.2 Å². The predicted molar refractivity (Wildman–Crippen MR) is 239 cm³/mol. The van der Waals surface area contributed by atoms with E-state index in [1.165, 1.54) is 54.4 Å². The lowest BCUT2D eigenvalue weighted by Gasteiger charge is -2.24. The topological polar surface area (TPSA) is 35.5 Å². The van der Waals surface area contributed by atoms with Crippen LogP contribution >= 0.6 is 16.2 Å². The molecule has 0 saturated carbocycles. The third-order valence-corrected chi connectivity index (χ3v) is 14.7. The van der Waals surface area contributed by atoms with Crippen molar-refractivity contribution in [2.24, 2.45) is 0 Å². The lowest BCUT2D eigenvalue weighted by molar-refractivity contribution is 0.491. The first-order chi connectivity index (χ1) is 26.2. The number of rotatable bonds is 5. The van der Waals surface area contributed by atoms with E-state index in [4.69, 9.17) is 12.9 Å². The molecule has 8 aromatic rings. The summed E-state index contributed by atoms with van der Waals surface area (Å²) in [7, 11) is -3.06. The Labute approximate surface area is 327 Å². The summed E-state index contributed by atoms with van der Waals surface area (Å²) in [5.41, 5.74) is 8.53. The van der Waals surface area contributed by atoms with E-state index in [-0.39, 0.29) is 10.8 Å². The van der Waals surface area contributed by atoms with E-state index in [1.807, 2.05) is 0 Å². The molecule has 0 spiro atoms. The number of fused-ring (bicyclic) bond motifs is 5. The van der Waals surface area contributed by atoms with Gasteiger partial charge in [-0.1, -0.05) is 157 Å². The van der Waals surface area contributed by atoms with Crippen molar-refractivity contribution in [2.75, 3.05) is 0 Å². The molecule has 0 atom stereocenters. The Morgan fingerprint density at radius 1 is 0.491 bits per heavy atom. The van der Waals surface area contributed by atoms with Crippen LogP contribution in [0.2, 0.25) is 0 Å². The van der Waals surface area contributed by atoms with Gasteiger partial charge in [0.15, 0.2) is 0 Å². The van der Waals surface area contributed by atoms with Crippen LogP contribution in [0.4, 0.5) is 0 Å². The second kappa shape index (κ2) is 14.0. The Morgan fingerprint density at radius 3 is 1.36 bits per heavy atom. The summed E-state index contributed by atoms with van der Waals surface area (Å²) in [6, 6.07) is 43.9. The number of para-hydroxylation sites is 1. The van der Waals surface area contributed by atoms with E-state index in [1.54, 1.807) is 0 Å². The van der Waals surface area contributed by atoms with E-state index in [0.29, 0.717) is 0 Å². The Balaban J connectivity index is 1.46. The van der Waals surface area contributed by atoms with Crippen molar-refractivity contribution in [3.63, 3.8) is 0 Å². The molecule has 0 saturated heterocycles. The lowest BCUT2D eigenvalue weighted by atomic mass is 9.81. The van der Waals surface area contributed by atoms with Gasteiger partial charge in [-0.05, 0) is 107 Å². The third kappa shape index (κ3) is 6.67. The van der Waals surface area contributed by atoms with Crippen LogP contribution in [0.5, 0.6) is 5.75 Å². The molecule has 0 radical (unpaired) electrons. The Hall–Kier alpha value is -4.81. The van der Waals surface area contributed by atoms with Crippen molar-refractivity contribution in [2.45, 2.75) is 80.1 Å². The van der Waals surface area contributed by atoms with Crippen molar-refractivity contribution in [3.05, 3.63) is 155 Å². The van der Waals surface area contributed by atoms with Crippen LogP contribution in [0.1, 0.15) is 74.9 Å². The van der Waals surface area contributed by atoms with Crippen LogP contribution in [0, 0.1) is 27.7 Å². The van der Waals surface area contributed by atoms with Crippen LogP contribution in [-0.4, -0.2) is 0 Å². The highest BCUT2D eigenvalue weighted by Gasteiger charge is 2.29. The normalized spacial score (nSPS) is 12.3. The first-order valence-electron chi connectivity index (χ1n) is 19.2. The van der Waals surface area contributed by atoms with Crippen molar-refractivity contribution >= 4 is 75.6 Å². The number of hydrogen-bond donors (Lipinski definition) is 0. The zero-order valence-electron chi connectivity index (χ0n) is 33.7. The van der Waals surface area contributed by atoms with Gasteiger partial charge >= 0.3 is 8.24 Å². The fraction of sp³-hybridized carbons (Fsp3) is 0.240. The molecule has 0 N–H and O–H groups in total. The van der Waals surface area contributed by atoms with Gasteiger partial charge in [0.2, 0.25) is 0 Å². The highest BCUT2D eigenvalue weighted by molar-refractivity contribution is 7.80. The number of aryl methyl sites for hydroxylation is 4. The van der Waals surface area contributed by atoms with Crippen molar-refractivity contribution in [3.8, 4) is 5.75 Å². The molecule has 55 heavy (non-hydrogen) atoms. The molecule has 278 valence electrons. The smallest absolute Gasteiger partial charge is 0.390 e. The average molecular weight is 761 g/mol. The summed E-state index contributed by atoms with van der Waals surface area (Å²) < 4.78 is 21.7. The third-order valence-electron chi connectivity index (χ3n) is 11.1. The minimum atomic E-state index is -1.96. The fourth-order valence-electron chi connectivity index (χ4n) is 7.89. The Kier molecular flexibility index (Phi) is 9.48. The number of benzene rings is 7. The van der Waals surface area contributed by atoms with Crippen LogP contribution in [0.3, 0.4) is 0 Å². The molecular weight excluding hydrogens is 710 g/mol. The van der Waals surface area contributed by atoms with Gasteiger partial charge in [0.25, 0.3) is 0 Å². The first-order valence-corrected chi connectivity index (χ1v) is 21.6. The largest absolute Gasteiger partial charge is 0.453 e. The SMILES string of the molecule is Cc1cc(C(C)(C)C)c2op(Oc3ccccc3P(c3cccc4ccccc34)c3cccc4ccccc34)oc3c(C(C)(C)C)cc(C)c(C)c3c2c1C. The van der Waals surface area contributed by atoms with E-state index in [9.17, 15) is 0 Å². The average Bonchev–Trinajstić information content (AvgIpc) is 3.32. The zero-order chi connectivity index (χ0) is 38.8. The standard InChI is InChI=1S/C50H50O3P2/c1-31-29-39(49(5,6)7)47-45(33(31)3)46-34(4)32(2)30-40(50(8,9)10)48(46)53-55(52-47)51-41-25-15-16-26-44(41)54(42-27-17-21-35-19-11-13-23-37(35)42)43-28-18-22-36-20-12-14-24-38(36)43/h11-30H,1-10H3. The van der Waals surface area contributed by atoms with Crippen molar-refractivity contribution in [1.82, 2.24) is 0 Å². The molecular formula is C50H50O3P2. The molecule has 7 aromatic carbocycles. The first kappa shape index (κ1) is 37.1. The zero-order valence-corrected chi connectivity index (χ0v) is 35.5. The molecule has 0 fully saturated rings. The summed E-state index contributed by atoms with van der Waals surface area (Å²) in [6.07, 6.45) is 0. The Bertz CT molecular complexity index is 2640. The van der Waals surface area contributed by atoms with Gasteiger partial charge in [0.1, 0.15) is 16.9 Å². The molecule has 0 aliphatic rings. The molecule has 3 nitrogen and oxygen atoms in total. The van der Waals surface area contributed by atoms with Crippen molar-refractivity contribution < 1.29 is 12.9 Å². The molecule has 0 aliphatic carbocycles. The predicted octanol–water partition coefficient (Wildman–Crippen LogP) is 14.0. The van der Waals surface area contributed by atoms with Gasteiger partial charge in [-0.2, -0.15) is 0 Å². The summed E-state index contributed by atoms with van der Waals surface area (Å²) in [4.78, 5) is 0. The maximum Gasteiger partial charge on any atom is 0.453 e. The molecule has 5 heteroatoms. The monoisotopic (exact) mass is 760 g/mol. The summed E-state index contributed by atoms with van der Waals surface area (Å²) >= 11 is 0. The molecule has 8 rings (SSSR count). The Morgan fingerprint density at radius 2 is 0.891 bits per heavy atom. The minimum absolute atomic E-state index is 0.187. The number of hydrogen-bond acceptors (Lipinski definition) is 3. The van der Waals surface area contributed by atoms with Gasteiger partial charge in [-0.25, -0.2) is 0 Å². The van der Waals surface area contributed by atoms with E-state index < -0.39 is 16.2 Å². The van der Waals surface area contributed by atoms with Crippen LogP contribution in [-0.2, 0) is 10.8 Å².